The molecule has 0 spiro atoms. The third-order valence-corrected chi connectivity index (χ3v) is 3.28. The quantitative estimate of drug-likeness (QED) is 0.767. The minimum Gasteiger partial charge on any atom is -0.353 e. The first-order valence-electron chi connectivity index (χ1n) is 6.78. The minimum absolute atomic E-state index is 0.415. The van der Waals surface area contributed by atoms with Gasteiger partial charge in [0.25, 0.3) is 0 Å². The second-order valence-corrected chi connectivity index (χ2v) is 4.74. The molecule has 0 radical (unpaired) electrons. The van der Waals surface area contributed by atoms with Crippen molar-refractivity contribution in [1.29, 1.82) is 5.26 Å². The predicted molar refractivity (Wildman–Crippen MR) is 75.7 cm³/mol. The summed E-state index contributed by atoms with van der Waals surface area (Å²) in [5.41, 5.74) is 1.64. The molecule has 3 nitrogen and oxygen atoms in total. The number of unbranched alkanes of at least 4 members (excludes halogenated alkanes) is 1. The van der Waals surface area contributed by atoms with Gasteiger partial charge in [0.1, 0.15) is 11.9 Å². The topological polar surface area (TPSA) is 39.9 Å². The second-order valence-electron chi connectivity index (χ2n) is 4.74. The van der Waals surface area contributed by atoms with E-state index in [9.17, 15) is 5.26 Å². The van der Waals surface area contributed by atoms with Gasteiger partial charge in [0, 0.05) is 18.3 Å². The maximum absolute atomic E-state index is 9.22. The van der Waals surface area contributed by atoms with Gasteiger partial charge in [-0.1, -0.05) is 20.3 Å². The SMILES string of the molecule is CCCCN(c1nc(C)ccc1C#N)C(C)CC. The van der Waals surface area contributed by atoms with Crippen LogP contribution >= 0.6 is 0 Å². The summed E-state index contributed by atoms with van der Waals surface area (Å²) in [4.78, 5) is 6.84. The molecule has 0 amide bonds. The van der Waals surface area contributed by atoms with Gasteiger partial charge in [0.05, 0.1) is 5.56 Å². The zero-order chi connectivity index (χ0) is 13.5. The lowest BCUT2D eigenvalue weighted by Crippen LogP contribution is -2.35. The van der Waals surface area contributed by atoms with E-state index in [1.807, 2.05) is 19.1 Å². The molecule has 1 aromatic rings. The summed E-state index contributed by atoms with van der Waals surface area (Å²) in [6, 6.07) is 6.44. The Bertz CT molecular complexity index is 420. The van der Waals surface area contributed by atoms with E-state index in [1.54, 1.807) is 0 Å². The van der Waals surface area contributed by atoms with Gasteiger partial charge in [-0.3, -0.25) is 0 Å². The van der Waals surface area contributed by atoms with E-state index in [2.05, 4.69) is 36.7 Å². The third kappa shape index (κ3) is 3.46. The molecule has 0 bridgehead atoms. The molecule has 0 aliphatic heterocycles. The average molecular weight is 245 g/mol. The molecular weight excluding hydrogens is 222 g/mol. The standard InChI is InChI=1S/C15H23N3/c1-5-7-10-18(13(4)6-2)15-14(11-16)9-8-12(3)17-15/h8-9,13H,5-7,10H2,1-4H3. The molecule has 1 unspecified atom stereocenters. The molecule has 0 aliphatic carbocycles. The summed E-state index contributed by atoms with van der Waals surface area (Å²) >= 11 is 0. The van der Waals surface area contributed by atoms with Gasteiger partial charge in [0.2, 0.25) is 0 Å². The van der Waals surface area contributed by atoms with E-state index in [0.29, 0.717) is 11.6 Å². The van der Waals surface area contributed by atoms with Crippen LogP contribution in [0, 0.1) is 18.3 Å². The first-order valence-corrected chi connectivity index (χ1v) is 6.78. The monoisotopic (exact) mass is 245 g/mol. The van der Waals surface area contributed by atoms with Crippen LogP contribution in [-0.4, -0.2) is 17.6 Å². The summed E-state index contributed by atoms with van der Waals surface area (Å²) in [7, 11) is 0. The molecule has 3 heteroatoms. The molecule has 0 N–H and O–H groups in total. The average Bonchev–Trinajstić information content (AvgIpc) is 2.39. The number of pyridine rings is 1. The molecule has 0 aromatic carbocycles. The number of anilines is 1. The number of hydrogen-bond donors (Lipinski definition) is 0. The summed E-state index contributed by atoms with van der Waals surface area (Å²) in [5, 5.41) is 9.22. The van der Waals surface area contributed by atoms with Gasteiger partial charge >= 0.3 is 0 Å². The fourth-order valence-electron chi connectivity index (χ4n) is 1.93. The lowest BCUT2D eigenvalue weighted by molar-refractivity contribution is 0.588. The zero-order valence-electron chi connectivity index (χ0n) is 11.9. The number of nitrogens with zero attached hydrogens (tertiary/aromatic N) is 3. The van der Waals surface area contributed by atoms with Crippen LogP contribution in [0.2, 0.25) is 0 Å². The lowest BCUT2D eigenvalue weighted by Gasteiger charge is -2.30. The third-order valence-electron chi connectivity index (χ3n) is 3.28. The van der Waals surface area contributed by atoms with Crippen molar-refractivity contribution < 1.29 is 0 Å². The van der Waals surface area contributed by atoms with Crippen molar-refractivity contribution in [2.75, 3.05) is 11.4 Å². The van der Waals surface area contributed by atoms with Crippen molar-refractivity contribution in [2.45, 2.75) is 53.0 Å². The Balaban J connectivity index is 3.11. The minimum atomic E-state index is 0.415. The van der Waals surface area contributed by atoms with E-state index < -0.39 is 0 Å². The Kier molecular flexibility index (Phi) is 5.64. The van der Waals surface area contributed by atoms with Gasteiger partial charge in [0.15, 0.2) is 0 Å². The summed E-state index contributed by atoms with van der Waals surface area (Å²) in [6.45, 7) is 9.49. The predicted octanol–water partition coefficient (Wildman–Crippen LogP) is 3.67. The van der Waals surface area contributed by atoms with E-state index in [1.165, 1.54) is 0 Å². The molecule has 1 aromatic heterocycles. The first-order chi connectivity index (χ1) is 8.63. The Morgan fingerprint density at radius 2 is 2.11 bits per heavy atom. The van der Waals surface area contributed by atoms with E-state index in [4.69, 9.17) is 0 Å². The van der Waals surface area contributed by atoms with Crippen LogP contribution in [0.15, 0.2) is 12.1 Å². The van der Waals surface area contributed by atoms with Gasteiger partial charge in [-0.15, -0.1) is 0 Å². The molecule has 0 fully saturated rings. The molecule has 0 saturated heterocycles. The number of hydrogen-bond acceptors (Lipinski definition) is 3. The Morgan fingerprint density at radius 3 is 2.67 bits per heavy atom. The van der Waals surface area contributed by atoms with Crippen LogP contribution in [0.3, 0.4) is 0 Å². The molecule has 1 rings (SSSR count). The van der Waals surface area contributed by atoms with Crippen LogP contribution in [0.25, 0.3) is 0 Å². The zero-order valence-corrected chi connectivity index (χ0v) is 11.9. The molecular formula is C15H23N3. The van der Waals surface area contributed by atoms with E-state index >= 15 is 0 Å². The van der Waals surface area contributed by atoms with Crippen molar-refractivity contribution in [1.82, 2.24) is 4.98 Å². The van der Waals surface area contributed by atoms with Crippen LogP contribution in [0.1, 0.15) is 51.3 Å². The second kappa shape index (κ2) is 7.00. The highest BCUT2D eigenvalue weighted by Gasteiger charge is 2.17. The summed E-state index contributed by atoms with van der Waals surface area (Å²) in [5.74, 6) is 0.848. The molecule has 1 heterocycles. The van der Waals surface area contributed by atoms with Crippen molar-refractivity contribution in [2.24, 2.45) is 0 Å². The highest BCUT2D eigenvalue weighted by Crippen LogP contribution is 2.22. The molecule has 0 aliphatic rings. The largest absolute Gasteiger partial charge is 0.353 e. The smallest absolute Gasteiger partial charge is 0.147 e. The van der Waals surface area contributed by atoms with Crippen molar-refractivity contribution >= 4 is 5.82 Å². The Morgan fingerprint density at radius 1 is 1.39 bits per heavy atom. The number of aryl methyl sites for hydroxylation is 1. The van der Waals surface area contributed by atoms with Crippen LogP contribution in [-0.2, 0) is 0 Å². The normalized spacial score (nSPS) is 11.9. The van der Waals surface area contributed by atoms with Gasteiger partial charge in [-0.05, 0) is 38.8 Å². The fraction of sp³-hybridized carbons (Fsp3) is 0.600. The van der Waals surface area contributed by atoms with Crippen molar-refractivity contribution in [3.05, 3.63) is 23.4 Å². The fourth-order valence-corrected chi connectivity index (χ4v) is 1.93. The number of rotatable bonds is 6. The van der Waals surface area contributed by atoms with Gasteiger partial charge in [-0.25, -0.2) is 4.98 Å². The molecule has 1 atom stereocenters. The molecule has 98 valence electrons. The van der Waals surface area contributed by atoms with Gasteiger partial charge in [-0.2, -0.15) is 5.26 Å². The first kappa shape index (κ1) is 14.5. The summed E-state index contributed by atoms with van der Waals surface area (Å²) in [6.07, 6.45) is 3.34. The highest BCUT2D eigenvalue weighted by molar-refractivity contribution is 5.54. The van der Waals surface area contributed by atoms with Gasteiger partial charge < -0.3 is 4.90 Å². The highest BCUT2D eigenvalue weighted by atomic mass is 15.2. The molecule has 18 heavy (non-hydrogen) atoms. The van der Waals surface area contributed by atoms with E-state index in [-0.39, 0.29) is 0 Å². The van der Waals surface area contributed by atoms with Crippen LogP contribution < -0.4 is 4.90 Å². The Hall–Kier alpha value is -1.56. The molecule has 0 saturated carbocycles. The van der Waals surface area contributed by atoms with Crippen molar-refractivity contribution in [3.63, 3.8) is 0 Å². The maximum atomic E-state index is 9.22. The van der Waals surface area contributed by atoms with Crippen LogP contribution in [0.4, 0.5) is 5.82 Å². The van der Waals surface area contributed by atoms with E-state index in [0.717, 1.165) is 37.3 Å². The number of nitriles is 1. The van der Waals surface area contributed by atoms with Crippen molar-refractivity contribution in [3.8, 4) is 6.07 Å². The number of aromatic nitrogens is 1. The lowest BCUT2D eigenvalue weighted by atomic mass is 10.1. The van der Waals surface area contributed by atoms with Crippen LogP contribution in [0.5, 0.6) is 0 Å². The maximum Gasteiger partial charge on any atom is 0.147 e. The summed E-state index contributed by atoms with van der Waals surface area (Å²) < 4.78 is 0. The Labute approximate surface area is 110 Å².